The van der Waals surface area contributed by atoms with Gasteiger partial charge in [-0.05, 0) is 30.3 Å². The molecule has 0 radical (unpaired) electrons. The molecule has 0 unspecified atom stereocenters. The van der Waals surface area contributed by atoms with E-state index in [1.807, 2.05) is 0 Å². The zero-order valence-electron chi connectivity index (χ0n) is 14.1. The lowest BCUT2D eigenvalue weighted by Gasteiger charge is -2.09. The summed E-state index contributed by atoms with van der Waals surface area (Å²) in [5, 5.41) is 2.86. The fourth-order valence-electron chi connectivity index (χ4n) is 2.30. The zero-order valence-corrected chi connectivity index (χ0v) is 14.9. The van der Waals surface area contributed by atoms with Gasteiger partial charge in [-0.3, -0.25) is 10.1 Å². The summed E-state index contributed by atoms with van der Waals surface area (Å²) in [5.74, 6) is 0.0767. The summed E-state index contributed by atoms with van der Waals surface area (Å²) in [7, 11) is 2.93. The Bertz CT molecular complexity index is 988. The lowest BCUT2D eigenvalue weighted by Crippen LogP contribution is -2.16. The van der Waals surface area contributed by atoms with Gasteiger partial charge < -0.3 is 14.2 Å². The van der Waals surface area contributed by atoms with E-state index in [9.17, 15) is 18.0 Å². The third kappa shape index (κ3) is 4.40. The predicted octanol–water partition coefficient (Wildman–Crippen LogP) is 4.46. The maximum atomic E-state index is 12.4. The van der Waals surface area contributed by atoms with Gasteiger partial charge in [-0.15, -0.1) is 13.2 Å². The molecule has 142 valence electrons. The van der Waals surface area contributed by atoms with Crippen molar-refractivity contribution in [3.63, 3.8) is 0 Å². The van der Waals surface area contributed by atoms with E-state index in [-0.39, 0.29) is 10.9 Å². The Morgan fingerprint density at radius 3 is 2.48 bits per heavy atom. The number of carbonyl (C=O) groups is 1. The van der Waals surface area contributed by atoms with Crippen molar-refractivity contribution < 1.29 is 32.2 Å². The van der Waals surface area contributed by atoms with Gasteiger partial charge in [-0.25, -0.2) is 4.98 Å². The van der Waals surface area contributed by atoms with Gasteiger partial charge >= 0.3 is 6.36 Å². The molecule has 2 aromatic carbocycles. The van der Waals surface area contributed by atoms with Crippen molar-refractivity contribution in [1.82, 2.24) is 4.98 Å². The Hall–Kier alpha value is -3.01. The van der Waals surface area contributed by atoms with Gasteiger partial charge in [0.15, 0.2) is 16.6 Å². The minimum Gasteiger partial charge on any atom is -0.493 e. The number of aromatic nitrogens is 1. The molecular weight excluding hydrogens is 385 g/mol. The van der Waals surface area contributed by atoms with Gasteiger partial charge in [-0.2, -0.15) is 0 Å². The molecule has 0 saturated heterocycles. The van der Waals surface area contributed by atoms with E-state index < -0.39 is 12.3 Å². The summed E-state index contributed by atoms with van der Waals surface area (Å²) in [6.45, 7) is 0. The smallest absolute Gasteiger partial charge is 0.493 e. The molecule has 3 rings (SSSR count). The van der Waals surface area contributed by atoms with Crippen LogP contribution in [0.25, 0.3) is 10.2 Å². The molecule has 0 bridgehead atoms. The van der Waals surface area contributed by atoms with Gasteiger partial charge in [0, 0.05) is 11.6 Å². The number of alkyl halides is 3. The van der Waals surface area contributed by atoms with Crippen LogP contribution >= 0.6 is 11.3 Å². The largest absolute Gasteiger partial charge is 0.573 e. The summed E-state index contributed by atoms with van der Waals surface area (Å²) < 4.78 is 51.5. The van der Waals surface area contributed by atoms with E-state index in [4.69, 9.17) is 9.47 Å². The highest BCUT2D eigenvalue weighted by Gasteiger charge is 2.31. The second-order valence-electron chi connectivity index (χ2n) is 5.22. The van der Waals surface area contributed by atoms with Crippen molar-refractivity contribution in [2.45, 2.75) is 6.36 Å². The minimum atomic E-state index is -4.77. The van der Waals surface area contributed by atoms with Crippen molar-refractivity contribution in [3.8, 4) is 17.2 Å². The van der Waals surface area contributed by atoms with Gasteiger partial charge in [0.05, 0.1) is 24.4 Å². The highest BCUT2D eigenvalue weighted by atomic mass is 32.1. The van der Waals surface area contributed by atoms with Crippen molar-refractivity contribution in [2.75, 3.05) is 19.5 Å². The number of anilines is 1. The SMILES string of the molecule is COc1ccc(C(=O)Nc2nc3ccc(OC(F)(F)F)cc3s2)cc1OC. The Balaban J connectivity index is 1.81. The first-order chi connectivity index (χ1) is 12.8. The fourth-order valence-corrected chi connectivity index (χ4v) is 3.19. The van der Waals surface area contributed by atoms with Crippen molar-refractivity contribution in [3.05, 3.63) is 42.0 Å². The van der Waals surface area contributed by atoms with Gasteiger partial charge in [0.1, 0.15) is 5.75 Å². The summed E-state index contributed by atoms with van der Waals surface area (Å²) in [4.78, 5) is 16.6. The second-order valence-corrected chi connectivity index (χ2v) is 6.25. The minimum absolute atomic E-state index is 0.244. The molecule has 0 spiro atoms. The van der Waals surface area contributed by atoms with E-state index in [0.29, 0.717) is 27.3 Å². The Kier molecular flexibility index (Phi) is 5.08. The lowest BCUT2D eigenvalue weighted by atomic mass is 10.2. The maximum Gasteiger partial charge on any atom is 0.573 e. The van der Waals surface area contributed by atoms with Crippen molar-refractivity contribution in [1.29, 1.82) is 0 Å². The topological polar surface area (TPSA) is 69.7 Å². The molecule has 1 heterocycles. The molecule has 1 amide bonds. The monoisotopic (exact) mass is 398 g/mol. The van der Waals surface area contributed by atoms with E-state index in [2.05, 4.69) is 15.0 Å². The van der Waals surface area contributed by atoms with E-state index in [1.165, 1.54) is 32.4 Å². The zero-order chi connectivity index (χ0) is 19.6. The number of ether oxygens (including phenoxy) is 3. The van der Waals surface area contributed by atoms with Gasteiger partial charge in [0.2, 0.25) is 0 Å². The quantitative estimate of drug-likeness (QED) is 0.687. The molecule has 0 saturated carbocycles. The third-order valence-electron chi connectivity index (χ3n) is 3.46. The van der Waals surface area contributed by atoms with Gasteiger partial charge in [0.25, 0.3) is 5.91 Å². The summed E-state index contributed by atoms with van der Waals surface area (Å²) >= 11 is 1.03. The number of nitrogens with one attached hydrogen (secondary N) is 1. The molecular formula is C17H13F3N2O4S. The predicted molar refractivity (Wildman–Crippen MR) is 93.8 cm³/mol. The number of halogens is 3. The average Bonchev–Trinajstić information content (AvgIpc) is 3.01. The molecule has 3 aromatic rings. The molecule has 27 heavy (non-hydrogen) atoms. The van der Waals surface area contributed by atoms with Crippen LogP contribution in [0.3, 0.4) is 0 Å². The van der Waals surface area contributed by atoms with Crippen LogP contribution in [-0.2, 0) is 0 Å². The number of rotatable bonds is 5. The highest BCUT2D eigenvalue weighted by molar-refractivity contribution is 7.22. The molecule has 6 nitrogen and oxygen atoms in total. The number of hydrogen-bond donors (Lipinski definition) is 1. The van der Waals surface area contributed by atoms with Crippen molar-refractivity contribution >= 4 is 32.6 Å². The number of amides is 1. The number of nitrogens with zero attached hydrogens (tertiary/aromatic N) is 1. The van der Waals surface area contributed by atoms with Crippen LogP contribution in [0.5, 0.6) is 17.2 Å². The Morgan fingerprint density at radius 1 is 1.07 bits per heavy atom. The van der Waals surface area contributed by atoms with Crippen LogP contribution < -0.4 is 19.5 Å². The molecule has 1 aromatic heterocycles. The van der Waals surface area contributed by atoms with E-state index in [1.54, 1.807) is 12.1 Å². The van der Waals surface area contributed by atoms with Crippen LogP contribution in [0, 0.1) is 0 Å². The van der Waals surface area contributed by atoms with Crippen LogP contribution in [-0.4, -0.2) is 31.5 Å². The molecule has 1 N–H and O–H groups in total. The van der Waals surface area contributed by atoms with Gasteiger partial charge in [-0.1, -0.05) is 11.3 Å². The number of benzene rings is 2. The van der Waals surface area contributed by atoms with Crippen molar-refractivity contribution in [2.24, 2.45) is 0 Å². The van der Waals surface area contributed by atoms with Crippen LogP contribution in [0.15, 0.2) is 36.4 Å². The van der Waals surface area contributed by atoms with Crippen LogP contribution in [0.1, 0.15) is 10.4 Å². The van der Waals surface area contributed by atoms with Crippen LogP contribution in [0.4, 0.5) is 18.3 Å². The number of carbonyl (C=O) groups excluding carboxylic acids is 1. The summed E-state index contributed by atoms with van der Waals surface area (Å²) in [5.41, 5.74) is 0.755. The molecule has 10 heteroatoms. The number of thiazole rings is 1. The number of hydrogen-bond acceptors (Lipinski definition) is 6. The molecule has 0 aliphatic rings. The maximum absolute atomic E-state index is 12.4. The number of methoxy groups -OCH3 is 2. The molecule has 0 atom stereocenters. The van der Waals surface area contributed by atoms with E-state index >= 15 is 0 Å². The Labute approximate surface area is 155 Å². The molecule has 0 aliphatic carbocycles. The summed E-state index contributed by atoms with van der Waals surface area (Å²) in [6, 6.07) is 8.42. The first kappa shape index (κ1) is 18.8. The van der Waals surface area contributed by atoms with Crippen LogP contribution in [0.2, 0.25) is 0 Å². The van der Waals surface area contributed by atoms with E-state index in [0.717, 1.165) is 17.4 Å². The first-order valence-electron chi connectivity index (χ1n) is 7.49. The normalized spacial score (nSPS) is 11.3. The standard InChI is InChI=1S/C17H13F3N2O4S/c1-24-12-6-3-9(7-13(12)25-2)15(23)22-16-21-11-5-4-10(8-14(11)27-16)26-17(18,19)20/h3-8H,1-2H3,(H,21,22,23). The molecule has 0 aliphatic heterocycles. The second kappa shape index (κ2) is 7.31. The first-order valence-corrected chi connectivity index (χ1v) is 8.30. The Morgan fingerprint density at radius 2 is 1.81 bits per heavy atom. The highest BCUT2D eigenvalue weighted by Crippen LogP contribution is 2.32. The molecule has 0 fully saturated rings. The fraction of sp³-hybridized carbons (Fsp3) is 0.176. The average molecular weight is 398 g/mol. The third-order valence-corrected chi connectivity index (χ3v) is 4.39. The number of fused-ring (bicyclic) bond motifs is 1. The lowest BCUT2D eigenvalue weighted by molar-refractivity contribution is -0.274. The summed E-state index contributed by atoms with van der Waals surface area (Å²) in [6.07, 6.45) is -4.77.